The lowest BCUT2D eigenvalue weighted by Crippen LogP contribution is -2.41. The van der Waals surface area contributed by atoms with Crippen LogP contribution >= 0.6 is 23.2 Å². The Morgan fingerprint density at radius 1 is 1.18 bits per heavy atom. The summed E-state index contributed by atoms with van der Waals surface area (Å²) in [4.78, 5) is 25.3. The number of likely N-dealkylation sites (N-methyl/N-ethyl adjacent to an activating group) is 1. The van der Waals surface area contributed by atoms with Crippen LogP contribution in [0.1, 0.15) is 20.3 Å². The first-order chi connectivity index (χ1) is 10.3. The van der Waals surface area contributed by atoms with Gasteiger partial charge in [-0.3, -0.25) is 14.5 Å². The van der Waals surface area contributed by atoms with Gasteiger partial charge in [-0.1, -0.05) is 30.1 Å². The highest BCUT2D eigenvalue weighted by molar-refractivity contribution is 6.42. The summed E-state index contributed by atoms with van der Waals surface area (Å²) in [6.45, 7) is 4.21. The maximum absolute atomic E-state index is 11.9. The second kappa shape index (κ2) is 8.98. The summed E-state index contributed by atoms with van der Waals surface area (Å²) in [5, 5.41) is 6.37. The molecule has 0 radical (unpaired) electrons. The largest absolute Gasteiger partial charge is 0.353 e. The van der Waals surface area contributed by atoms with E-state index in [1.807, 2.05) is 13.8 Å². The fraction of sp³-hybridized carbons (Fsp3) is 0.467. The van der Waals surface area contributed by atoms with Crippen molar-refractivity contribution in [3.8, 4) is 0 Å². The summed E-state index contributed by atoms with van der Waals surface area (Å²) in [6, 6.07) is 4.99. The van der Waals surface area contributed by atoms with Gasteiger partial charge in [0.1, 0.15) is 0 Å². The van der Waals surface area contributed by atoms with Crippen LogP contribution in [-0.4, -0.2) is 42.9 Å². The lowest BCUT2D eigenvalue weighted by Gasteiger charge is -2.18. The van der Waals surface area contributed by atoms with Crippen LogP contribution in [0.4, 0.5) is 5.69 Å². The molecule has 0 fully saturated rings. The molecule has 0 saturated carbocycles. The zero-order valence-electron chi connectivity index (χ0n) is 13.0. The highest BCUT2D eigenvalue weighted by atomic mass is 35.5. The number of nitrogens with one attached hydrogen (secondary N) is 2. The van der Waals surface area contributed by atoms with Crippen LogP contribution in [0.3, 0.4) is 0 Å². The Morgan fingerprint density at radius 3 is 2.41 bits per heavy atom. The van der Waals surface area contributed by atoms with Crippen molar-refractivity contribution in [2.75, 3.05) is 25.5 Å². The van der Waals surface area contributed by atoms with Gasteiger partial charge >= 0.3 is 0 Å². The van der Waals surface area contributed by atoms with Gasteiger partial charge in [0, 0.05) is 11.7 Å². The standard InChI is InChI=1S/C15H21Cl2N3O2/c1-4-10(2)18-14(21)8-20(3)9-15(22)19-11-5-6-12(16)13(17)7-11/h5-7,10H,4,8-9H2,1-3H3,(H,18,21)(H,19,22)/t10-/m0/s1. The molecule has 0 heterocycles. The van der Waals surface area contributed by atoms with Crippen LogP contribution in [0.5, 0.6) is 0 Å². The van der Waals surface area contributed by atoms with E-state index in [2.05, 4.69) is 10.6 Å². The normalized spacial score (nSPS) is 12.1. The number of anilines is 1. The van der Waals surface area contributed by atoms with Gasteiger partial charge in [0.25, 0.3) is 0 Å². The van der Waals surface area contributed by atoms with E-state index < -0.39 is 0 Å². The third-order valence-corrected chi connectivity index (χ3v) is 3.79. The minimum Gasteiger partial charge on any atom is -0.353 e. The molecule has 5 nitrogen and oxygen atoms in total. The Bertz CT molecular complexity index is 538. The van der Waals surface area contributed by atoms with E-state index in [0.29, 0.717) is 15.7 Å². The van der Waals surface area contributed by atoms with Gasteiger partial charge in [-0.05, 0) is 38.6 Å². The molecule has 122 valence electrons. The number of halogens is 2. The van der Waals surface area contributed by atoms with Crippen molar-refractivity contribution in [3.63, 3.8) is 0 Å². The maximum atomic E-state index is 11.9. The first-order valence-corrected chi connectivity index (χ1v) is 7.80. The topological polar surface area (TPSA) is 61.4 Å². The molecule has 7 heteroatoms. The minimum atomic E-state index is -0.225. The SMILES string of the molecule is CC[C@H](C)NC(=O)CN(C)CC(=O)Nc1ccc(Cl)c(Cl)c1. The van der Waals surface area contributed by atoms with Gasteiger partial charge in [-0.15, -0.1) is 0 Å². The van der Waals surface area contributed by atoms with Crippen molar-refractivity contribution in [3.05, 3.63) is 28.2 Å². The number of hydrogen-bond acceptors (Lipinski definition) is 3. The van der Waals surface area contributed by atoms with E-state index in [0.717, 1.165) is 6.42 Å². The Kier molecular flexibility index (Phi) is 7.65. The van der Waals surface area contributed by atoms with E-state index in [-0.39, 0.29) is 30.9 Å². The van der Waals surface area contributed by atoms with Crippen LogP contribution in [0, 0.1) is 0 Å². The first kappa shape index (κ1) is 18.7. The van der Waals surface area contributed by atoms with Crippen molar-refractivity contribution < 1.29 is 9.59 Å². The summed E-state index contributed by atoms with van der Waals surface area (Å²) < 4.78 is 0. The summed E-state index contributed by atoms with van der Waals surface area (Å²) in [5.74, 6) is -0.323. The van der Waals surface area contributed by atoms with Gasteiger partial charge in [-0.25, -0.2) is 0 Å². The molecule has 22 heavy (non-hydrogen) atoms. The van der Waals surface area contributed by atoms with E-state index in [1.165, 1.54) is 0 Å². The summed E-state index contributed by atoms with van der Waals surface area (Å²) in [7, 11) is 1.71. The quantitative estimate of drug-likeness (QED) is 0.798. The third kappa shape index (κ3) is 6.64. The smallest absolute Gasteiger partial charge is 0.238 e. The lowest BCUT2D eigenvalue weighted by atomic mass is 10.2. The third-order valence-electron chi connectivity index (χ3n) is 3.05. The molecule has 0 saturated heterocycles. The fourth-order valence-electron chi connectivity index (χ4n) is 1.74. The summed E-state index contributed by atoms with van der Waals surface area (Å²) in [5.41, 5.74) is 0.567. The van der Waals surface area contributed by atoms with Crippen molar-refractivity contribution in [1.29, 1.82) is 0 Å². The predicted molar refractivity (Wildman–Crippen MR) is 90.5 cm³/mol. The highest BCUT2D eigenvalue weighted by Gasteiger charge is 2.12. The summed E-state index contributed by atoms with van der Waals surface area (Å²) in [6.07, 6.45) is 0.868. The Morgan fingerprint density at radius 2 is 1.82 bits per heavy atom. The van der Waals surface area contributed by atoms with Crippen molar-refractivity contribution in [2.45, 2.75) is 26.3 Å². The number of hydrogen-bond donors (Lipinski definition) is 2. The molecule has 1 atom stereocenters. The molecular formula is C15H21Cl2N3O2. The van der Waals surface area contributed by atoms with Crippen LogP contribution in [0.25, 0.3) is 0 Å². The first-order valence-electron chi connectivity index (χ1n) is 7.04. The molecule has 0 aliphatic rings. The van der Waals surface area contributed by atoms with Gasteiger partial charge in [-0.2, -0.15) is 0 Å². The molecule has 0 spiro atoms. The van der Waals surface area contributed by atoms with E-state index in [9.17, 15) is 9.59 Å². The maximum Gasteiger partial charge on any atom is 0.238 e. The molecule has 1 aromatic rings. The number of amides is 2. The molecule has 1 aromatic carbocycles. The number of carbonyl (C=O) groups is 2. The molecule has 0 aliphatic carbocycles. The molecule has 0 aliphatic heterocycles. The average molecular weight is 346 g/mol. The molecule has 2 N–H and O–H groups in total. The Hall–Kier alpha value is -1.30. The van der Waals surface area contributed by atoms with Crippen molar-refractivity contribution in [1.82, 2.24) is 10.2 Å². The molecule has 0 aromatic heterocycles. The average Bonchev–Trinajstić information content (AvgIpc) is 2.42. The molecule has 1 rings (SSSR count). The minimum absolute atomic E-state index is 0.0980. The zero-order valence-corrected chi connectivity index (χ0v) is 14.5. The van der Waals surface area contributed by atoms with E-state index >= 15 is 0 Å². The monoisotopic (exact) mass is 345 g/mol. The van der Waals surface area contributed by atoms with Gasteiger partial charge < -0.3 is 10.6 Å². The van der Waals surface area contributed by atoms with Gasteiger partial charge in [0.05, 0.1) is 23.1 Å². The number of nitrogens with zero attached hydrogens (tertiary/aromatic N) is 1. The molecule has 0 unspecified atom stereocenters. The molecule has 0 bridgehead atoms. The second-order valence-corrected chi connectivity index (χ2v) is 6.04. The zero-order chi connectivity index (χ0) is 16.7. The van der Waals surface area contributed by atoms with Crippen molar-refractivity contribution >= 4 is 40.7 Å². The lowest BCUT2D eigenvalue weighted by molar-refractivity contribution is -0.123. The van der Waals surface area contributed by atoms with E-state index in [4.69, 9.17) is 23.2 Å². The highest BCUT2D eigenvalue weighted by Crippen LogP contribution is 2.24. The Labute approximate surface area is 141 Å². The van der Waals surface area contributed by atoms with Crippen LogP contribution in [0.15, 0.2) is 18.2 Å². The van der Waals surface area contributed by atoms with Crippen LogP contribution < -0.4 is 10.6 Å². The van der Waals surface area contributed by atoms with Gasteiger partial charge in [0.15, 0.2) is 0 Å². The number of carbonyl (C=O) groups excluding carboxylic acids is 2. The van der Waals surface area contributed by atoms with Crippen molar-refractivity contribution in [2.24, 2.45) is 0 Å². The van der Waals surface area contributed by atoms with Gasteiger partial charge in [0.2, 0.25) is 11.8 Å². The van der Waals surface area contributed by atoms with E-state index in [1.54, 1.807) is 30.1 Å². The number of benzene rings is 1. The molecular weight excluding hydrogens is 325 g/mol. The predicted octanol–water partition coefficient (Wildman–Crippen LogP) is 2.78. The fourth-order valence-corrected chi connectivity index (χ4v) is 2.04. The Balaban J connectivity index is 2.43. The molecule has 2 amide bonds. The van der Waals surface area contributed by atoms with Crippen LogP contribution in [0.2, 0.25) is 10.0 Å². The number of rotatable bonds is 7. The summed E-state index contributed by atoms with van der Waals surface area (Å²) >= 11 is 11.7. The van der Waals surface area contributed by atoms with Crippen LogP contribution in [-0.2, 0) is 9.59 Å². The second-order valence-electron chi connectivity index (χ2n) is 5.23.